The lowest BCUT2D eigenvalue weighted by molar-refractivity contribution is 0.101. The second kappa shape index (κ2) is 7.39. The molecule has 0 heterocycles. The van der Waals surface area contributed by atoms with Gasteiger partial charge in [-0.3, -0.25) is 9.59 Å². The molecular formula is C18H19NO2. The minimum absolute atomic E-state index is 0.265. The molecule has 0 unspecified atom stereocenters. The maximum absolute atomic E-state index is 12.2. The van der Waals surface area contributed by atoms with Crippen molar-refractivity contribution in [3.8, 4) is 0 Å². The third-order valence-electron chi connectivity index (χ3n) is 3.36. The molecule has 3 heteroatoms. The van der Waals surface area contributed by atoms with E-state index >= 15 is 0 Å². The molecule has 108 valence electrons. The van der Waals surface area contributed by atoms with Crippen LogP contribution in [0.15, 0.2) is 48.5 Å². The van der Waals surface area contributed by atoms with Crippen LogP contribution in [0.5, 0.6) is 0 Å². The zero-order valence-electron chi connectivity index (χ0n) is 12.1. The van der Waals surface area contributed by atoms with E-state index in [1.807, 2.05) is 24.3 Å². The molecule has 0 aromatic heterocycles. The van der Waals surface area contributed by atoms with Crippen molar-refractivity contribution in [2.45, 2.75) is 26.2 Å². The first-order valence-electron chi connectivity index (χ1n) is 7.19. The number of hydrogen-bond acceptors (Lipinski definition) is 2. The molecule has 3 nitrogen and oxygen atoms in total. The van der Waals surface area contributed by atoms with Crippen LogP contribution < -0.4 is 5.32 Å². The van der Waals surface area contributed by atoms with E-state index < -0.39 is 0 Å². The minimum Gasteiger partial charge on any atom is -0.322 e. The Morgan fingerprint density at radius 3 is 2.48 bits per heavy atom. The monoisotopic (exact) mass is 281 g/mol. The van der Waals surface area contributed by atoms with Crippen LogP contribution in [0.2, 0.25) is 0 Å². The standard InChI is InChI=1S/C18H19NO2/c1-2-3-6-14-9-11-16(12-10-14)19-18(21)17-8-5-4-7-15(17)13-20/h4-5,7-13H,2-3,6H2,1H3,(H,19,21). The van der Waals surface area contributed by atoms with E-state index in [2.05, 4.69) is 12.2 Å². The van der Waals surface area contributed by atoms with Crippen LogP contribution in [0.4, 0.5) is 5.69 Å². The number of unbranched alkanes of at least 4 members (excludes halogenated alkanes) is 1. The summed E-state index contributed by atoms with van der Waals surface area (Å²) in [5, 5.41) is 2.82. The molecule has 2 aromatic carbocycles. The molecule has 1 N–H and O–H groups in total. The number of nitrogens with one attached hydrogen (secondary N) is 1. The fourth-order valence-corrected chi connectivity index (χ4v) is 2.14. The highest BCUT2D eigenvalue weighted by molar-refractivity contribution is 6.08. The third kappa shape index (κ3) is 4.02. The van der Waals surface area contributed by atoms with Gasteiger partial charge in [0.25, 0.3) is 5.91 Å². The number of aryl methyl sites for hydroxylation is 1. The summed E-state index contributed by atoms with van der Waals surface area (Å²) in [6.45, 7) is 2.17. The van der Waals surface area contributed by atoms with Gasteiger partial charge >= 0.3 is 0 Å². The van der Waals surface area contributed by atoms with E-state index in [0.717, 1.165) is 12.1 Å². The normalized spacial score (nSPS) is 10.1. The number of benzene rings is 2. The van der Waals surface area contributed by atoms with Crippen LogP contribution >= 0.6 is 0 Å². The van der Waals surface area contributed by atoms with Gasteiger partial charge in [0.05, 0.1) is 5.56 Å². The topological polar surface area (TPSA) is 46.2 Å². The van der Waals surface area contributed by atoms with E-state index in [1.54, 1.807) is 24.3 Å². The van der Waals surface area contributed by atoms with Crippen LogP contribution in [0.1, 0.15) is 46.0 Å². The Morgan fingerprint density at radius 2 is 1.81 bits per heavy atom. The molecule has 0 saturated carbocycles. The van der Waals surface area contributed by atoms with Crippen LogP contribution in [-0.2, 0) is 6.42 Å². The van der Waals surface area contributed by atoms with Crippen molar-refractivity contribution in [2.75, 3.05) is 5.32 Å². The lowest BCUT2D eigenvalue weighted by Gasteiger charge is -2.08. The van der Waals surface area contributed by atoms with Gasteiger partial charge in [0.15, 0.2) is 6.29 Å². The Kier molecular flexibility index (Phi) is 5.27. The Morgan fingerprint density at radius 1 is 1.10 bits per heavy atom. The van der Waals surface area contributed by atoms with Crippen LogP contribution in [0, 0.1) is 0 Å². The molecule has 0 aliphatic rings. The molecule has 1 amide bonds. The average Bonchev–Trinajstić information content (AvgIpc) is 2.54. The molecule has 21 heavy (non-hydrogen) atoms. The lowest BCUT2D eigenvalue weighted by Crippen LogP contribution is -2.14. The van der Waals surface area contributed by atoms with Gasteiger partial charge in [-0.05, 0) is 36.6 Å². The van der Waals surface area contributed by atoms with Crippen molar-refractivity contribution in [1.29, 1.82) is 0 Å². The Bertz CT molecular complexity index is 617. The molecule has 0 aliphatic heterocycles. The number of anilines is 1. The third-order valence-corrected chi connectivity index (χ3v) is 3.36. The molecule has 2 aromatic rings. The number of rotatable bonds is 6. The molecule has 0 aliphatic carbocycles. The summed E-state index contributed by atoms with van der Waals surface area (Å²) < 4.78 is 0. The molecule has 0 atom stereocenters. The highest BCUT2D eigenvalue weighted by Gasteiger charge is 2.10. The predicted octanol–water partition coefficient (Wildman–Crippen LogP) is 4.09. The van der Waals surface area contributed by atoms with E-state index in [-0.39, 0.29) is 5.91 Å². The number of amides is 1. The van der Waals surface area contributed by atoms with Gasteiger partial charge in [-0.1, -0.05) is 43.7 Å². The van der Waals surface area contributed by atoms with Gasteiger partial charge in [-0.25, -0.2) is 0 Å². The van der Waals surface area contributed by atoms with Gasteiger partial charge in [-0.2, -0.15) is 0 Å². The zero-order chi connectivity index (χ0) is 15.1. The van der Waals surface area contributed by atoms with Gasteiger partial charge in [0.2, 0.25) is 0 Å². The van der Waals surface area contributed by atoms with Crippen molar-refractivity contribution in [1.82, 2.24) is 0 Å². The van der Waals surface area contributed by atoms with Crippen molar-refractivity contribution in [3.63, 3.8) is 0 Å². The number of carbonyl (C=O) groups is 2. The van der Waals surface area contributed by atoms with Gasteiger partial charge in [-0.15, -0.1) is 0 Å². The second-order valence-corrected chi connectivity index (χ2v) is 4.96. The Balaban J connectivity index is 2.07. The predicted molar refractivity (Wildman–Crippen MR) is 84.8 cm³/mol. The van der Waals surface area contributed by atoms with Gasteiger partial charge in [0, 0.05) is 11.3 Å². The molecule has 0 fully saturated rings. The summed E-state index contributed by atoms with van der Waals surface area (Å²) in [5.74, 6) is -0.265. The van der Waals surface area contributed by atoms with Crippen molar-refractivity contribution in [3.05, 3.63) is 65.2 Å². The number of aldehydes is 1. The summed E-state index contributed by atoms with van der Waals surface area (Å²) in [6.07, 6.45) is 4.08. The van der Waals surface area contributed by atoms with Crippen LogP contribution in [0.25, 0.3) is 0 Å². The maximum atomic E-state index is 12.2. The van der Waals surface area contributed by atoms with Crippen LogP contribution in [0.3, 0.4) is 0 Å². The molecule has 0 bridgehead atoms. The molecule has 0 spiro atoms. The summed E-state index contributed by atoms with van der Waals surface area (Å²) >= 11 is 0. The highest BCUT2D eigenvalue weighted by atomic mass is 16.1. The first kappa shape index (κ1) is 15.0. The summed E-state index contributed by atoms with van der Waals surface area (Å²) in [6, 6.07) is 14.6. The number of carbonyl (C=O) groups excluding carboxylic acids is 2. The number of hydrogen-bond donors (Lipinski definition) is 1. The largest absolute Gasteiger partial charge is 0.322 e. The SMILES string of the molecule is CCCCc1ccc(NC(=O)c2ccccc2C=O)cc1. The molecule has 0 saturated heterocycles. The van der Waals surface area contributed by atoms with Gasteiger partial charge in [0.1, 0.15) is 0 Å². The molecular weight excluding hydrogens is 262 g/mol. The minimum atomic E-state index is -0.265. The highest BCUT2D eigenvalue weighted by Crippen LogP contribution is 2.14. The van der Waals surface area contributed by atoms with E-state index in [0.29, 0.717) is 17.4 Å². The average molecular weight is 281 g/mol. The van der Waals surface area contributed by atoms with E-state index in [1.165, 1.54) is 18.4 Å². The van der Waals surface area contributed by atoms with E-state index in [4.69, 9.17) is 0 Å². The molecule has 0 radical (unpaired) electrons. The first-order chi connectivity index (χ1) is 10.2. The molecule has 2 rings (SSSR count). The van der Waals surface area contributed by atoms with Crippen molar-refractivity contribution in [2.24, 2.45) is 0 Å². The quantitative estimate of drug-likeness (QED) is 0.810. The fourth-order valence-electron chi connectivity index (χ4n) is 2.14. The van der Waals surface area contributed by atoms with Crippen molar-refractivity contribution < 1.29 is 9.59 Å². The summed E-state index contributed by atoms with van der Waals surface area (Å²) in [4.78, 5) is 23.1. The zero-order valence-corrected chi connectivity index (χ0v) is 12.1. The second-order valence-electron chi connectivity index (χ2n) is 4.96. The Labute approximate surface area is 125 Å². The summed E-state index contributed by atoms with van der Waals surface area (Å²) in [7, 11) is 0. The Hall–Kier alpha value is -2.42. The summed E-state index contributed by atoms with van der Waals surface area (Å²) in [5.41, 5.74) is 2.79. The first-order valence-corrected chi connectivity index (χ1v) is 7.19. The smallest absolute Gasteiger partial charge is 0.256 e. The maximum Gasteiger partial charge on any atom is 0.256 e. The van der Waals surface area contributed by atoms with Crippen LogP contribution in [-0.4, -0.2) is 12.2 Å². The van der Waals surface area contributed by atoms with Crippen molar-refractivity contribution >= 4 is 17.9 Å². The lowest BCUT2D eigenvalue weighted by atomic mass is 10.1. The van der Waals surface area contributed by atoms with E-state index in [9.17, 15) is 9.59 Å². The fraction of sp³-hybridized carbons (Fsp3) is 0.222. The van der Waals surface area contributed by atoms with Gasteiger partial charge < -0.3 is 5.32 Å².